The zero-order valence-corrected chi connectivity index (χ0v) is 46.0. The molecule has 4 heteroatoms. The topological polar surface area (TPSA) is 50.9 Å². The van der Waals surface area contributed by atoms with Gasteiger partial charge >= 0.3 is 0 Å². The average molecular weight is 1040 g/mol. The van der Waals surface area contributed by atoms with Crippen LogP contribution in [0.1, 0.15) is 112 Å². The number of pyridine rings is 1. The number of aromatic nitrogens is 3. The Bertz CT molecular complexity index is 4180. The Kier molecular flexibility index (Phi) is 12.7. The van der Waals surface area contributed by atoms with Gasteiger partial charge in [-0.25, -0.2) is 4.98 Å². The second kappa shape index (κ2) is 21.9. The van der Waals surface area contributed by atoms with Crippen molar-refractivity contribution in [3.63, 3.8) is 0 Å². The number of phenols is 1. The number of aromatic hydroxyl groups is 1. The number of fused-ring (bicyclic) bond motifs is 1. The average Bonchev–Trinajstić information content (AvgIpc) is 3.64. The molecular formula is C76H69N3O. The molecule has 11 aromatic rings. The lowest BCUT2D eigenvalue weighted by Gasteiger charge is -2.29. The third-order valence-electron chi connectivity index (χ3n) is 16.7. The van der Waals surface area contributed by atoms with Gasteiger partial charge in [-0.3, -0.25) is 9.55 Å². The fourth-order valence-corrected chi connectivity index (χ4v) is 12.3. The minimum atomic E-state index is -1.53. The Morgan fingerprint density at radius 3 is 1.73 bits per heavy atom. The number of phenolic OH excluding ortho intramolecular Hbond substituents is 1. The molecule has 0 aliphatic heterocycles. The first-order chi connectivity index (χ1) is 40.6. The van der Waals surface area contributed by atoms with Crippen molar-refractivity contribution in [2.24, 2.45) is 5.92 Å². The van der Waals surface area contributed by atoms with Gasteiger partial charge in [-0.1, -0.05) is 210 Å². The van der Waals surface area contributed by atoms with Crippen molar-refractivity contribution >= 4 is 11.0 Å². The summed E-state index contributed by atoms with van der Waals surface area (Å²) < 4.78 is 40.3. The Labute approximate surface area is 478 Å². The summed E-state index contributed by atoms with van der Waals surface area (Å²) in [4.78, 5) is 10.8. The van der Waals surface area contributed by atoms with Gasteiger partial charge in [-0.05, 0) is 177 Å². The Morgan fingerprint density at radius 2 is 1.06 bits per heavy atom. The number of hydrogen-bond donors (Lipinski definition) is 1. The lowest BCUT2D eigenvalue weighted by Crippen LogP contribution is -2.12. The molecule has 2 saturated carbocycles. The van der Waals surface area contributed by atoms with Gasteiger partial charge in [0.1, 0.15) is 11.6 Å². The third kappa shape index (κ3) is 10.3. The molecule has 13 rings (SSSR count). The summed E-state index contributed by atoms with van der Waals surface area (Å²) in [5.41, 5.74) is 17.6. The van der Waals surface area contributed by atoms with Gasteiger partial charge in [-0.15, -0.1) is 0 Å². The predicted octanol–water partition coefficient (Wildman–Crippen LogP) is 20.3. The van der Waals surface area contributed by atoms with E-state index >= 15 is 0 Å². The number of benzene rings is 9. The van der Waals surface area contributed by atoms with E-state index in [0.29, 0.717) is 42.6 Å². The maximum Gasteiger partial charge on any atom is 0.149 e. The first-order valence-electron chi connectivity index (χ1n) is 30.6. The molecule has 4 nitrogen and oxygen atoms in total. The Balaban J connectivity index is 0.970. The Hall–Kier alpha value is -8.60. The molecule has 0 bridgehead atoms. The molecule has 0 spiro atoms. The van der Waals surface area contributed by atoms with Crippen molar-refractivity contribution in [2.75, 3.05) is 0 Å². The van der Waals surface area contributed by atoms with E-state index in [4.69, 9.17) is 9.97 Å². The highest BCUT2D eigenvalue weighted by Gasteiger charge is 2.28. The van der Waals surface area contributed by atoms with Crippen LogP contribution in [0, 0.1) is 5.92 Å². The molecule has 0 saturated heterocycles. The smallest absolute Gasteiger partial charge is 0.149 e. The molecule has 1 N–H and O–H groups in total. The summed E-state index contributed by atoms with van der Waals surface area (Å²) in [7, 11) is 0. The molecule has 2 fully saturated rings. The van der Waals surface area contributed by atoms with Crippen LogP contribution in [-0.2, 0) is 11.8 Å². The molecule has 2 aliphatic rings. The van der Waals surface area contributed by atoms with Gasteiger partial charge in [0, 0.05) is 33.9 Å². The van der Waals surface area contributed by atoms with E-state index in [1.165, 1.54) is 0 Å². The van der Waals surface area contributed by atoms with Crippen molar-refractivity contribution in [2.45, 2.75) is 95.7 Å². The molecule has 0 amide bonds. The van der Waals surface area contributed by atoms with E-state index in [2.05, 4.69) is 165 Å². The molecule has 0 atom stereocenters. The maximum absolute atomic E-state index is 12.9. The largest absolute Gasteiger partial charge is 0.507 e. The zero-order chi connectivity index (χ0) is 57.8. The monoisotopic (exact) mass is 1040 g/mol. The lowest BCUT2D eigenvalue weighted by atomic mass is 9.76. The summed E-state index contributed by atoms with van der Waals surface area (Å²) in [6.07, 6.45) is 6.70. The van der Waals surface area contributed by atoms with Gasteiger partial charge in [0.15, 0.2) is 0 Å². The normalized spacial score (nSPS) is 18.6. The van der Waals surface area contributed by atoms with E-state index in [0.717, 1.165) is 126 Å². The molecule has 2 aromatic heterocycles. The second-order valence-electron chi connectivity index (χ2n) is 22.9. The highest BCUT2D eigenvalue weighted by atomic mass is 16.3. The van der Waals surface area contributed by atoms with Crippen LogP contribution < -0.4 is 0 Å². The van der Waals surface area contributed by atoms with E-state index in [1.807, 2.05) is 91.1 Å². The fourth-order valence-electron chi connectivity index (χ4n) is 12.3. The SMILES string of the molecule is [2H]C1(c2ccccc2)CCC([2H])(c2ccc(-c3ccnc(-c4cc(-c5ccccc5)cc(-c5cccc6c5nc(-c5cc(C(C)(C)C)cc(-c7ccccc7)c5O)n6-c5ccc(C([2H])([2H])C6CCCC6)cc5-c5ccccc5)c4)c3)cc2)CC1. The molecular weight excluding hydrogens is 971 g/mol. The van der Waals surface area contributed by atoms with Crippen molar-refractivity contribution in [3.05, 3.63) is 253 Å². The molecule has 0 unspecified atom stereocenters. The quantitative estimate of drug-likeness (QED) is 0.133. The van der Waals surface area contributed by atoms with E-state index in [9.17, 15) is 10.6 Å². The van der Waals surface area contributed by atoms with Crippen LogP contribution in [0.25, 0.3) is 95.0 Å². The minimum Gasteiger partial charge on any atom is -0.507 e. The summed E-state index contributed by atoms with van der Waals surface area (Å²) in [5.74, 6) is -0.789. The van der Waals surface area contributed by atoms with Gasteiger partial charge in [0.05, 0.1) is 28.0 Å². The van der Waals surface area contributed by atoms with Crippen LogP contribution in [0.2, 0.25) is 0 Å². The van der Waals surface area contributed by atoms with Crippen LogP contribution in [0.4, 0.5) is 0 Å². The van der Waals surface area contributed by atoms with Crippen LogP contribution in [0.3, 0.4) is 0 Å². The van der Waals surface area contributed by atoms with E-state index in [1.54, 1.807) is 0 Å². The summed E-state index contributed by atoms with van der Waals surface area (Å²) in [6, 6.07) is 76.9. The molecule has 9 aromatic carbocycles. The van der Waals surface area contributed by atoms with Crippen LogP contribution >= 0.6 is 0 Å². The van der Waals surface area contributed by atoms with E-state index < -0.39 is 18.2 Å². The summed E-state index contributed by atoms with van der Waals surface area (Å²) in [6.45, 7) is 6.59. The molecule has 394 valence electrons. The van der Waals surface area contributed by atoms with Crippen molar-refractivity contribution < 1.29 is 10.6 Å². The standard InChI is InChI=1S/C76H69N3O/c1-76(2,3)65-49-68(60-27-14-7-15-28-60)74(80)69(50-65)75-78-73-66(29-18-30-72(73)79(75)71-40-31-52(43-51-19-16-17-20-51)44-67(71)59-25-12-6-13-26-59)63-45-62(54-23-10-5-11-24-54)46-64(47-63)70-48-61(41-42-77-70)58-38-36-57(37-39-58)56-34-32-55(33-35-56)53-21-8-4-9-22-53/h4-15,18,21-31,36-42,44-51,55-56,80H,16-17,19-20,32-35,43H2,1-3H3/i43D2,55D,56D. The number of nitrogens with zero attached hydrogens (tertiary/aromatic N) is 3. The van der Waals surface area contributed by atoms with Gasteiger partial charge in [0.2, 0.25) is 0 Å². The molecule has 2 heterocycles. The van der Waals surface area contributed by atoms with Crippen LogP contribution in [0.15, 0.2) is 231 Å². The number of hydrogen-bond acceptors (Lipinski definition) is 3. The van der Waals surface area contributed by atoms with Gasteiger partial charge in [-0.2, -0.15) is 0 Å². The first kappa shape index (κ1) is 46.3. The molecule has 80 heavy (non-hydrogen) atoms. The van der Waals surface area contributed by atoms with Crippen LogP contribution in [-0.4, -0.2) is 19.6 Å². The maximum atomic E-state index is 12.9. The number of rotatable bonds is 12. The fraction of sp³-hybridized carbons (Fsp3) is 0.211. The van der Waals surface area contributed by atoms with Crippen LogP contribution in [0.5, 0.6) is 5.75 Å². The van der Waals surface area contributed by atoms with Crippen molar-refractivity contribution in [1.82, 2.24) is 14.5 Å². The highest BCUT2D eigenvalue weighted by molar-refractivity contribution is 5.99. The highest BCUT2D eigenvalue weighted by Crippen LogP contribution is 2.47. The zero-order valence-electron chi connectivity index (χ0n) is 50.0. The van der Waals surface area contributed by atoms with Crippen molar-refractivity contribution in [1.29, 1.82) is 0 Å². The summed E-state index contributed by atoms with van der Waals surface area (Å²) >= 11 is 0. The second-order valence-corrected chi connectivity index (χ2v) is 22.9. The Morgan fingerprint density at radius 1 is 0.487 bits per heavy atom. The minimum absolute atomic E-state index is 0.0649. The number of imidazole rings is 1. The van der Waals surface area contributed by atoms with Gasteiger partial charge in [0.25, 0.3) is 0 Å². The molecule has 2 aliphatic carbocycles. The lowest BCUT2D eigenvalue weighted by molar-refractivity contribution is 0.396. The molecule has 0 radical (unpaired) electrons. The third-order valence-corrected chi connectivity index (χ3v) is 16.7. The number of para-hydroxylation sites is 1. The van der Waals surface area contributed by atoms with Gasteiger partial charge < -0.3 is 5.11 Å². The van der Waals surface area contributed by atoms with Crippen molar-refractivity contribution in [3.8, 4) is 89.7 Å². The predicted molar refractivity (Wildman–Crippen MR) is 333 cm³/mol. The van der Waals surface area contributed by atoms with E-state index in [-0.39, 0.29) is 17.1 Å². The summed E-state index contributed by atoms with van der Waals surface area (Å²) in [5, 5.41) is 12.9. The first-order valence-corrected chi connectivity index (χ1v) is 28.6.